The van der Waals surface area contributed by atoms with Gasteiger partial charge in [-0.1, -0.05) is 49.7 Å². The van der Waals surface area contributed by atoms with E-state index in [1.54, 1.807) is 12.1 Å². The molecule has 1 aliphatic carbocycles. The van der Waals surface area contributed by atoms with E-state index in [0.29, 0.717) is 23.0 Å². The van der Waals surface area contributed by atoms with Crippen LogP contribution in [0, 0.1) is 25.7 Å². The Labute approximate surface area is 165 Å². The molecule has 0 aliphatic heterocycles. The predicted octanol–water partition coefficient (Wildman–Crippen LogP) is 5.29. The number of aryl methyl sites for hydroxylation is 2. The molecule has 27 heavy (non-hydrogen) atoms. The summed E-state index contributed by atoms with van der Waals surface area (Å²) in [6.45, 7) is 8.10. The standard InChI is InChI=1S/C22H25ClN2O2/c1-12(2)16-7-5-6-14(4)20(16)25-22(27)18-11-17(18)21(26)24-19-10-15(23)9-8-13(19)3/h5-10,12,17-18H,11H2,1-4H3,(H,24,26)(H,25,27). The van der Waals surface area contributed by atoms with E-state index in [9.17, 15) is 9.59 Å². The number of nitrogens with one attached hydrogen (secondary N) is 2. The maximum Gasteiger partial charge on any atom is 0.228 e. The quantitative estimate of drug-likeness (QED) is 0.735. The number of rotatable bonds is 5. The summed E-state index contributed by atoms with van der Waals surface area (Å²) in [4.78, 5) is 25.2. The Bertz CT molecular complexity index is 892. The van der Waals surface area contributed by atoms with Gasteiger partial charge in [-0.2, -0.15) is 0 Å². The highest BCUT2D eigenvalue weighted by Crippen LogP contribution is 2.41. The Morgan fingerprint density at radius 1 is 1.00 bits per heavy atom. The topological polar surface area (TPSA) is 58.2 Å². The number of carbonyl (C=O) groups excluding carboxylic acids is 2. The Kier molecular flexibility index (Phi) is 5.56. The summed E-state index contributed by atoms with van der Waals surface area (Å²) < 4.78 is 0. The molecule has 0 bridgehead atoms. The Balaban J connectivity index is 1.66. The van der Waals surface area contributed by atoms with Gasteiger partial charge in [-0.15, -0.1) is 0 Å². The van der Waals surface area contributed by atoms with Crippen LogP contribution in [0.25, 0.3) is 0 Å². The molecule has 142 valence electrons. The molecule has 1 saturated carbocycles. The molecule has 0 heterocycles. The first-order valence-electron chi connectivity index (χ1n) is 9.25. The van der Waals surface area contributed by atoms with Gasteiger partial charge in [0.1, 0.15) is 0 Å². The lowest BCUT2D eigenvalue weighted by atomic mass is 9.98. The number of hydrogen-bond acceptors (Lipinski definition) is 2. The number of benzene rings is 2. The summed E-state index contributed by atoms with van der Waals surface area (Å²) in [7, 11) is 0. The van der Waals surface area contributed by atoms with Gasteiger partial charge in [0.05, 0.1) is 11.8 Å². The molecule has 1 fully saturated rings. The molecule has 2 aromatic carbocycles. The number of amides is 2. The Hall–Kier alpha value is -2.33. The van der Waals surface area contributed by atoms with Crippen molar-refractivity contribution in [2.24, 2.45) is 11.8 Å². The van der Waals surface area contributed by atoms with Gasteiger partial charge >= 0.3 is 0 Å². The van der Waals surface area contributed by atoms with Gasteiger partial charge in [0, 0.05) is 16.4 Å². The second-order valence-corrected chi connectivity index (χ2v) is 8.02. The van der Waals surface area contributed by atoms with E-state index in [1.807, 2.05) is 38.1 Å². The maximum atomic E-state index is 12.7. The van der Waals surface area contributed by atoms with Crippen molar-refractivity contribution in [2.75, 3.05) is 10.6 Å². The fourth-order valence-corrected chi connectivity index (χ4v) is 3.46. The third-order valence-corrected chi connectivity index (χ3v) is 5.33. The molecule has 0 aromatic heterocycles. The fraction of sp³-hybridized carbons (Fsp3) is 0.364. The lowest BCUT2D eigenvalue weighted by molar-refractivity contribution is -0.122. The van der Waals surface area contributed by atoms with Crippen LogP contribution in [0.5, 0.6) is 0 Å². The van der Waals surface area contributed by atoms with Gasteiger partial charge in [0.15, 0.2) is 0 Å². The highest BCUT2D eigenvalue weighted by atomic mass is 35.5. The first-order chi connectivity index (χ1) is 12.8. The van der Waals surface area contributed by atoms with Crippen LogP contribution in [0.4, 0.5) is 11.4 Å². The molecule has 5 heteroatoms. The van der Waals surface area contributed by atoms with Crippen molar-refractivity contribution in [1.82, 2.24) is 0 Å². The molecule has 2 aromatic rings. The van der Waals surface area contributed by atoms with Crippen molar-refractivity contribution in [3.63, 3.8) is 0 Å². The lowest BCUT2D eigenvalue weighted by Crippen LogP contribution is -2.21. The van der Waals surface area contributed by atoms with E-state index in [1.165, 1.54) is 0 Å². The minimum atomic E-state index is -0.296. The van der Waals surface area contributed by atoms with Crippen molar-refractivity contribution < 1.29 is 9.59 Å². The monoisotopic (exact) mass is 384 g/mol. The third-order valence-electron chi connectivity index (χ3n) is 5.10. The van der Waals surface area contributed by atoms with E-state index < -0.39 is 0 Å². The van der Waals surface area contributed by atoms with Gasteiger partial charge in [0.2, 0.25) is 11.8 Å². The zero-order valence-electron chi connectivity index (χ0n) is 16.1. The van der Waals surface area contributed by atoms with E-state index in [0.717, 1.165) is 22.4 Å². The number of anilines is 2. The Morgan fingerprint density at radius 2 is 1.67 bits per heavy atom. The second kappa shape index (κ2) is 7.73. The number of hydrogen-bond donors (Lipinski definition) is 2. The average molecular weight is 385 g/mol. The molecule has 0 radical (unpaired) electrons. The SMILES string of the molecule is Cc1ccc(Cl)cc1NC(=O)C1CC1C(=O)Nc1c(C)cccc1C(C)C. The molecule has 2 atom stereocenters. The van der Waals surface area contributed by atoms with Crippen LogP contribution in [0.1, 0.15) is 42.9 Å². The highest BCUT2D eigenvalue weighted by Gasteiger charge is 2.48. The van der Waals surface area contributed by atoms with Crippen molar-refractivity contribution in [3.8, 4) is 0 Å². The van der Waals surface area contributed by atoms with Gasteiger partial charge < -0.3 is 10.6 Å². The minimum Gasteiger partial charge on any atom is -0.326 e. The molecule has 0 spiro atoms. The van der Waals surface area contributed by atoms with E-state index in [2.05, 4.69) is 24.5 Å². The first-order valence-corrected chi connectivity index (χ1v) is 9.63. The molecule has 2 amide bonds. The van der Waals surface area contributed by atoms with Crippen molar-refractivity contribution in [1.29, 1.82) is 0 Å². The molecule has 2 unspecified atom stereocenters. The third kappa shape index (κ3) is 4.33. The van der Waals surface area contributed by atoms with E-state index in [4.69, 9.17) is 11.6 Å². The van der Waals surface area contributed by atoms with Crippen LogP contribution in [0.2, 0.25) is 5.02 Å². The molecule has 1 aliphatic rings. The zero-order valence-corrected chi connectivity index (χ0v) is 16.9. The summed E-state index contributed by atoms with van der Waals surface area (Å²) in [5.74, 6) is -0.494. The van der Waals surface area contributed by atoms with E-state index >= 15 is 0 Å². The summed E-state index contributed by atoms with van der Waals surface area (Å²) in [6.07, 6.45) is 0.570. The van der Waals surface area contributed by atoms with Crippen molar-refractivity contribution in [2.45, 2.75) is 40.0 Å². The van der Waals surface area contributed by atoms with Crippen LogP contribution in [-0.2, 0) is 9.59 Å². The summed E-state index contributed by atoms with van der Waals surface area (Å²) in [6, 6.07) is 11.4. The molecular formula is C22H25ClN2O2. The van der Waals surface area contributed by atoms with Gasteiger partial charge in [-0.05, 0) is 55.0 Å². The molecule has 2 N–H and O–H groups in total. The normalized spacial score (nSPS) is 18.3. The fourth-order valence-electron chi connectivity index (χ4n) is 3.29. The maximum absolute atomic E-state index is 12.7. The number of para-hydroxylation sites is 1. The summed E-state index contributed by atoms with van der Waals surface area (Å²) in [5, 5.41) is 6.52. The molecule has 4 nitrogen and oxygen atoms in total. The van der Waals surface area contributed by atoms with E-state index in [-0.39, 0.29) is 23.7 Å². The van der Waals surface area contributed by atoms with Crippen molar-refractivity contribution in [3.05, 3.63) is 58.1 Å². The van der Waals surface area contributed by atoms with Crippen molar-refractivity contribution >= 4 is 34.8 Å². The van der Waals surface area contributed by atoms with Gasteiger partial charge in [0.25, 0.3) is 0 Å². The predicted molar refractivity (Wildman–Crippen MR) is 110 cm³/mol. The van der Waals surface area contributed by atoms with Crippen LogP contribution in [-0.4, -0.2) is 11.8 Å². The second-order valence-electron chi connectivity index (χ2n) is 7.58. The molecule has 3 rings (SSSR count). The number of carbonyl (C=O) groups is 2. The van der Waals surface area contributed by atoms with Gasteiger partial charge in [-0.25, -0.2) is 0 Å². The first kappa shape index (κ1) is 19.4. The summed E-state index contributed by atoms with van der Waals surface area (Å²) >= 11 is 6.00. The largest absolute Gasteiger partial charge is 0.326 e. The van der Waals surface area contributed by atoms with Gasteiger partial charge in [-0.3, -0.25) is 9.59 Å². The average Bonchev–Trinajstić information content (AvgIpc) is 3.40. The number of halogens is 1. The minimum absolute atomic E-state index is 0.0887. The highest BCUT2D eigenvalue weighted by molar-refractivity contribution is 6.31. The van der Waals surface area contributed by atoms with Crippen LogP contribution in [0.3, 0.4) is 0 Å². The zero-order chi connectivity index (χ0) is 19.7. The van der Waals surface area contributed by atoms with Crippen LogP contribution >= 0.6 is 11.6 Å². The smallest absolute Gasteiger partial charge is 0.228 e. The lowest BCUT2D eigenvalue weighted by Gasteiger charge is -2.16. The molecular weight excluding hydrogens is 360 g/mol. The summed E-state index contributed by atoms with van der Waals surface area (Å²) in [5.41, 5.74) is 4.65. The van der Waals surface area contributed by atoms with Crippen LogP contribution in [0.15, 0.2) is 36.4 Å². The molecule has 0 saturated heterocycles. The van der Waals surface area contributed by atoms with Crippen LogP contribution < -0.4 is 10.6 Å². The Morgan fingerprint density at radius 3 is 2.33 bits per heavy atom.